The Kier molecular flexibility index (Phi) is 3.99. The Morgan fingerprint density at radius 3 is 3.00 bits per heavy atom. The van der Waals surface area contributed by atoms with E-state index in [-0.39, 0.29) is 11.5 Å². The van der Waals surface area contributed by atoms with Crippen LogP contribution in [-0.4, -0.2) is 40.7 Å². The number of aromatic amines is 1. The van der Waals surface area contributed by atoms with E-state index in [1.807, 2.05) is 0 Å². The van der Waals surface area contributed by atoms with Gasteiger partial charge in [-0.3, -0.25) is 4.79 Å². The molecule has 1 aliphatic heterocycles. The molecule has 0 aliphatic carbocycles. The third-order valence-electron chi connectivity index (χ3n) is 4.12. The minimum atomic E-state index is -0.991. The molecule has 7 heteroatoms. The maximum absolute atomic E-state index is 12.5. The molecule has 1 atom stereocenters. The normalized spacial score (nSPS) is 20.7. The van der Waals surface area contributed by atoms with Crippen molar-refractivity contribution in [3.63, 3.8) is 0 Å². The largest absolute Gasteiger partial charge is 0.478 e. The average molecular weight is 334 g/mol. The Morgan fingerprint density at radius 2 is 2.39 bits per heavy atom. The number of aryl methyl sites for hydroxylation is 1. The van der Waals surface area contributed by atoms with Crippen molar-refractivity contribution in [2.24, 2.45) is 0 Å². The average Bonchev–Trinajstić information content (AvgIpc) is 3.13. The number of amides is 1. The molecule has 23 heavy (non-hydrogen) atoms. The molecule has 1 fully saturated rings. The van der Waals surface area contributed by atoms with E-state index < -0.39 is 11.5 Å². The highest BCUT2D eigenvalue weighted by molar-refractivity contribution is 7.19. The van der Waals surface area contributed by atoms with Crippen molar-refractivity contribution >= 4 is 33.4 Å². The summed E-state index contributed by atoms with van der Waals surface area (Å²) in [5.41, 5.74) is 0.673. The number of aromatic carboxylic acids is 1. The maximum Gasteiger partial charge on any atom is 0.338 e. The van der Waals surface area contributed by atoms with E-state index >= 15 is 0 Å². The molecule has 2 aromatic rings. The molecule has 3 N–H and O–H groups in total. The number of carboxylic acids is 1. The van der Waals surface area contributed by atoms with Crippen LogP contribution in [0.5, 0.6) is 0 Å². The van der Waals surface area contributed by atoms with Crippen molar-refractivity contribution in [1.29, 1.82) is 0 Å². The molecule has 0 aromatic carbocycles. The molecule has 0 spiro atoms. The molecule has 1 unspecified atom stereocenters. The van der Waals surface area contributed by atoms with Crippen LogP contribution in [0.15, 0.2) is 18.7 Å². The molecule has 1 saturated heterocycles. The molecule has 122 valence electrons. The number of carbonyl (C=O) groups is 2. The van der Waals surface area contributed by atoms with E-state index in [1.165, 1.54) is 11.3 Å². The highest BCUT2D eigenvalue weighted by Gasteiger charge is 2.35. The zero-order valence-corrected chi connectivity index (χ0v) is 13.6. The lowest BCUT2D eigenvalue weighted by molar-refractivity contribution is 0.0698. The minimum absolute atomic E-state index is 0.231. The second-order valence-corrected chi connectivity index (χ2v) is 7.05. The van der Waals surface area contributed by atoms with Crippen molar-refractivity contribution < 1.29 is 19.4 Å². The molecule has 6 nitrogen and oxygen atoms in total. The predicted molar refractivity (Wildman–Crippen MR) is 88.3 cm³/mol. The lowest BCUT2D eigenvalue weighted by atomic mass is 9.94. The van der Waals surface area contributed by atoms with Crippen molar-refractivity contribution in [3.8, 4) is 0 Å². The zero-order valence-electron chi connectivity index (χ0n) is 12.8. The fourth-order valence-corrected chi connectivity index (χ4v) is 4.03. The van der Waals surface area contributed by atoms with Gasteiger partial charge in [0.25, 0.3) is 5.91 Å². The molecule has 3 rings (SSSR count). The van der Waals surface area contributed by atoms with Gasteiger partial charge in [-0.1, -0.05) is 6.08 Å². The van der Waals surface area contributed by atoms with Gasteiger partial charge in [-0.05, 0) is 25.8 Å². The maximum atomic E-state index is 12.5. The summed E-state index contributed by atoms with van der Waals surface area (Å²) in [6.07, 6.45) is 3.14. The number of H-pyrrole nitrogens is 1. The van der Waals surface area contributed by atoms with Gasteiger partial charge < -0.3 is 20.1 Å². The standard InChI is InChI=1S/C16H18N2O4S/c1-3-4-16(5-6-22-8-16)18-14(19)10-7-11-13(17-10)12(15(20)21)9(2)23-11/h3,7,17H,1,4-6,8H2,2H3,(H,18,19)(H,20,21). The zero-order chi connectivity index (χ0) is 16.6. The van der Waals surface area contributed by atoms with Crippen molar-refractivity contribution in [2.75, 3.05) is 13.2 Å². The molecule has 0 bridgehead atoms. The van der Waals surface area contributed by atoms with Crippen LogP contribution in [0.3, 0.4) is 0 Å². The van der Waals surface area contributed by atoms with Crippen LogP contribution in [0, 0.1) is 6.92 Å². The summed E-state index contributed by atoms with van der Waals surface area (Å²) in [5.74, 6) is -1.25. The van der Waals surface area contributed by atoms with E-state index in [1.54, 1.807) is 19.1 Å². The Labute approximate surface area is 137 Å². The summed E-state index contributed by atoms with van der Waals surface area (Å²) in [6.45, 7) is 6.56. The second-order valence-electron chi connectivity index (χ2n) is 5.79. The second kappa shape index (κ2) is 5.82. The summed E-state index contributed by atoms with van der Waals surface area (Å²) < 4.78 is 6.18. The predicted octanol–water partition coefficient (Wildman–Crippen LogP) is 2.70. The Morgan fingerprint density at radius 1 is 1.61 bits per heavy atom. The topological polar surface area (TPSA) is 91.4 Å². The minimum Gasteiger partial charge on any atom is -0.478 e. The first-order valence-corrected chi connectivity index (χ1v) is 8.14. The van der Waals surface area contributed by atoms with Crippen LogP contribution in [-0.2, 0) is 4.74 Å². The van der Waals surface area contributed by atoms with Gasteiger partial charge in [0, 0.05) is 11.5 Å². The van der Waals surface area contributed by atoms with Crippen molar-refractivity contribution in [1.82, 2.24) is 10.3 Å². The van der Waals surface area contributed by atoms with Gasteiger partial charge in [-0.2, -0.15) is 0 Å². The summed E-state index contributed by atoms with van der Waals surface area (Å²) in [4.78, 5) is 27.6. The van der Waals surface area contributed by atoms with Crippen LogP contribution >= 0.6 is 11.3 Å². The Hall–Kier alpha value is -2.12. The first kappa shape index (κ1) is 15.8. The summed E-state index contributed by atoms with van der Waals surface area (Å²) in [7, 11) is 0. The third kappa shape index (κ3) is 2.77. The monoisotopic (exact) mass is 334 g/mol. The third-order valence-corrected chi connectivity index (χ3v) is 5.17. The number of hydrogen-bond acceptors (Lipinski definition) is 4. The number of fused-ring (bicyclic) bond motifs is 1. The van der Waals surface area contributed by atoms with Crippen LogP contribution in [0.25, 0.3) is 10.2 Å². The number of rotatable bonds is 5. The van der Waals surface area contributed by atoms with Gasteiger partial charge in [0.2, 0.25) is 0 Å². The molecule has 1 amide bonds. The van der Waals surface area contributed by atoms with Gasteiger partial charge in [0.15, 0.2) is 0 Å². The highest BCUT2D eigenvalue weighted by Crippen LogP contribution is 2.31. The summed E-state index contributed by atoms with van der Waals surface area (Å²) in [5, 5.41) is 12.3. The molecule has 3 heterocycles. The number of ether oxygens (including phenoxy) is 1. The van der Waals surface area contributed by atoms with Crippen LogP contribution in [0.1, 0.15) is 38.6 Å². The summed E-state index contributed by atoms with van der Waals surface area (Å²) >= 11 is 1.36. The first-order valence-electron chi connectivity index (χ1n) is 7.32. The molecular formula is C16H18N2O4S. The number of aromatic nitrogens is 1. The van der Waals surface area contributed by atoms with Gasteiger partial charge >= 0.3 is 5.97 Å². The molecule has 0 radical (unpaired) electrons. The quantitative estimate of drug-likeness (QED) is 0.733. The van der Waals surface area contributed by atoms with Gasteiger partial charge in [0.1, 0.15) is 5.69 Å². The Balaban J connectivity index is 1.89. The molecule has 1 aliphatic rings. The van der Waals surface area contributed by atoms with E-state index in [0.29, 0.717) is 30.8 Å². The fraction of sp³-hybridized carbons (Fsp3) is 0.375. The number of thiophene rings is 1. The molecule has 0 saturated carbocycles. The molecule has 2 aromatic heterocycles. The van der Waals surface area contributed by atoms with Crippen LogP contribution < -0.4 is 5.32 Å². The van der Waals surface area contributed by atoms with Crippen LogP contribution in [0.2, 0.25) is 0 Å². The first-order chi connectivity index (χ1) is 11.0. The SMILES string of the molecule is C=CCC1(NC(=O)c2cc3sc(C)c(C(=O)O)c3[nH]2)CCOC1. The fourth-order valence-electron chi connectivity index (χ4n) is 2.98. The number of hydrogen-bond donors (Lipinski definition) is 3. The van der Waals surface area contributed by atoms with E-state index in [9.17, 15) is 14.7 Å². The highest BCUT2D eigenvalue weighted by atomic mass is 32.1. The molecular weight excluding hydrogens is 316 g/mol. The van der Waals surface area contributed by atoms with E-state index in [2.05, 4.69) is 16.9 Å². The van der Waals surface area contributed by atoms with Crippen molar-refractivity contribution in [3.05, 3.63) is 34.9 Å². The lowest BCUT2D eigenvalue weighted by Gasteiger charge is -2.27. The van der Waals surface area contributed by atoms with Gasteiger partial charge in [0.05, 0.1) is 27.9 Å². The summed E-state index contributed by atoms with van der Waals surface area (Å²) in [6, 6.07) is 1.70. The van der Waals surface area contributed by atoms with E-state index in [4.69, 9.17) is 4.74 Å². The smallest absolute Gasteiger partial charge is 0.338 e. The van der Waals surface area contributed by atoms with Crippen LogP contribution in [0.4, 0.5) is 0 Å². The lowest BCUT2D eigenvalue weighted by Crippen LogP contribution is -2.48. The van der Waals surface area contributed by atoms with Crippen molar-refractivity contribution in [2.45, 2.75) is 25.3 Å². The van der Waals surface area contributed by atoms with Gasteiger partial charge in [-0.25, -0.2) is 4.79 Å². The van der Waals surface area contributed by atoms with E-state index in [0.717, 1.165) is 16.0 Å². The number of carbonyl (C=O) groups excluding carboxylic acids is 1. The number of carboxylic acid groups (broad SMARTS) is 1. The van der Waals surface area contributed by atoms with Gasteiger partial charge in [-0.15, -0.1) is 17.9 Å². The Bertz CT molecular complexity index is 783. The number of nitrogens with one attached hydrogen (secondary N) is 2.